The Morgan fingerprint density at radius 1 is 1.35 bits per heavy atom. The van der Waals surface area contributed by atoms with Crippen LogP contribution in [0.15, 0.2) is 0 Å². The van der Waals surface area contributed by atoms with Gasteiger partial charge in [0.25, 0.3) is 0 Å². The van der Waals surface area contributed by atoms with Crippen LogP contribution in [0.1, 0.15) is 20.3 Å². The van der Waals surface area contributed by atoms with Crippen LogP contribution in [0.25, 0.3) is 0 Å². The molecule has 0 unspecified atom stereocenters. The zero-order chi connectivity index (χ0) is 13.7. The second kappa shape index (κ2) is 12.7. The van der Waals surface area contributed by atoms with E-state index >= 15 is 0 Å². The number of aliphatic carboxylic acids is 1. The molecule has 0 aromatic rings. The van der Waals surface area contributed by atoms with Crippen molar-refractivity contribution in [1.82, 2.24) is 0 Å². The minimum absolute atomic E-state index is 0.168. The zero-order valence-electron chi connectivity index (χ0n) is 11.8. The number of hydrogen-bond acceptors (Lipinski definition) is 4. The summed E-state index contributed by atoms with van der Waals surface area (Å²) in [7, 11) is 1.21. The monoisotopic (exact) mass is 282 g/mol. The second-order valence-corrected chi connectivity index (χ2v) is 10.0. The van der Waals surface area contributed by atoms with Gasteiger partial charge in [-0.15, -0.1) is 0 Å². The maximum atomic E-state index is 9.63. The topological polar surface area (TPSA) is 49.4 Å². The van der Waals surface area contributed by atoms with Gasteiger partial charge >= 0.3 is 0 Å². The quantitative estimate of drug-likeness (QED) is 0.637. The smallest absolute Gasteiger partial charge is 0.0825 e. The Morgan fingerprint density at radius 3 is 2.12 bits per heavy atom. The van der Waals surface area contributed by atoms with E-state index in [0.29, 0.717) is 5.75 Å². The lowest BCUT2D eigenvalue weighted by Gasteiger charge is -2.18. The van der Waals surface area contributed by atoms with Crippen molar-refractivity contribution >= 4 is 25.0 Å². The number of methoxy groups -OCH3 is 1. The number of thioether (sulfide) groups is 1. The molecule has 0 aliphatic rings. The SMILES string of the molecule is CC[P+](C)(CC)CCOC.CSCCC(=O)[O-]. The van der Waals surface area contributed by atoms with Gasteiger partial charge in [-0.25, -0.2) is 0 Å². The highest BCUT2D eigenvalue weighted by molar-refractivity contribution is 7.98. The van der Waals surface area contributed by atoms with E-state index in [1.54, 1.807) is 7.11 Å². The largest absolute Gasteiger partial charge is 0.550 e. The van der Waals surface area contributed by atoms with Gasteiger partial charge in [0.05, 0.1) is 25.1 Å². The first-order chi connectivity index (χ1) is 7.95. The van der Waals surface area contributed by atoms with E-state index in [1.165, 1.54) is 30.2 Å². The Kier molecular flexibility index (Phi) is 14.6. The van der Waals surface area contributed by atoms with Gasteiger partial charge < -0.3 is 14.6 Å². The molecule has 0 saturated carbocycles. The van der Waals surface area contributed by atoms with Crippen LogP contribution >= 0.6 is 19.0 Å². The first-order valence-electron chi connectivity index (χ1n) is 5.97. The maximum Gasteiger partial charge on any atom is 0.0825 e. The van der Waals surface area contributed by atoms with Gasteiger partial charge in [0.2, 0.25) is 0 Å². The molecule has 0 rings (SSSR count). The molecule has 17 heavy (non-hydrogen) atoms. The minimum atomic E-state index is -0.964. The van der Waals surface area contributed by atoms with Crippen LogP contribution in [0.2, 0.25) is 0 Å². The van der Waals surface area contributed by atoms with Gasteiger partial charge in [-0.05, 0) is 32.3 Å². The summed E-state index contributed by atoms with van der Waals surface area (Å²) in [5, 5.41) is 9.63. The molecular formula is C12H27O3PS. The Balaban J connectivity index is 0. The first-order valence-corrected chi connectivity index (χ1v) is 10.2. The molecule has 0 saturated heterocycles. The third-order valence-electron chi connectivity index (χ3n) is 2.87. The fourth-order valence-electron chi connectivity index (χ4n) is 1.04. The van der Waals surface area contributed by atoms with Crippen LogP contribution in [-0.4, -0.2) is 56.8 Å². The lowest BCUT2D eigenvalue weighted by Crippen LogP contribution is -2.22. The van der Waals surface area contributed by atoms with Crippen molar-refractivity contribution in [3.8, 4) is 0 Å². The molecule has 5 heteroatoms. The number of carboxylic acids is 1. The van der Waals surface area contributed by atoms with Crippen molar-refractivity contribution in [3.63, 3.8) is 0 Å². The number of carbonyl (C=O) groups is 1. The van der Waals surface area contributed by atoms with Crippen molar-refractivity contribution < 1.29 is 14.6 Å². The van der Waals surface area contributed by atoms with Crippen LogP contribution in [0, 0.1) is 0 Å². The summed E-state index contributed by atoms with van der Waals surface area (Å²) in [5.74, 6) is -0.308. The summed E-state index contributed by atoms with van der Waals surface area (Å²) in [6.07, 6.45) is 6.07. The molecule has 0 spiro atoms. The van der Waals surface area contributed by atoms with Crippen LogP contribution in [0.3, 0.4) is 0 Å². The Hall–Kier alpha value is 0.210. The van der Waals surface area contributed by atoms with E-state index in [2.05, 4.69) is 20.5 Å². The number of rotatable bonds is 8. The minimum Gasteiger partial charge on any atom is -0.550 e. The van der Waals surface area contributed by atoms with E-state index in [4.69, 9.17) is 4.74 Å². The molecule has 0 aliphatic carbocycles. The van der Waals surface area contributed by atoms with Crippen LogP contribution in [-0.2, 0) is 9.53 Å². The number of hydrogen-bond donors (Lipinski definition) is 0. The van der Waals surface area contributed by atoms with Gasteiger partial charge in [-0.1, -0.05) is 0 Å². The third kappa shape index (κ3) is 14.1. The average molecular weight is 282 g/mol. The first kappa shape index (κ1) is 19.5. The highest BCUT2D eigenvalue weighted by Gasteiger charge is 2.25. The van der Waals surface area contributed by atoms with Crippen molar-refractivity contribution in [2.45, 2.75) is 20.3 Å². The van der Waals surface area contributed by atoms with Gasteiger partial charge in [-0.3, -0.25) is 0 Å². The summed E-state index contributed by atoms with van der Waals surface area (Å²) < 4.78 is 5.07. The molecular weight excluding hydrogens is 255 g/mol. The van der Waals surface area contributed by atoms with E-state index < -0.39 is 13.2 Å². The Bertz CT molecular complexity index is 185. The second-order valence-electron chi connectivity index (χ2n) is 4.08. The fraction of sp³-hybridized carbons (Fsp3) is 0.917. The van der Waals surface area contributed by atoms with Gasteiger partial charge in [0.15, 0.2) is 0 Å². The fourth-order valence-corrected chi connectivity index (χ4v) is 3.11. The maximum absolute atomic E-state index is 9.63. The lowest BCUT2D eigenvalue weighted by atomic mass is 10.5. The van der Waals surface area contributed by atoms with E-state index in [0.717, 1.165) is 6.61 Å². The predicted octanol–water partition coefficient (Wildman–Crippen LogP) is 1.81. The van der Waals surface area contributed by atoms with Gasteiger partial charge in [-0.2, -0.15) is 11.8 Å². The van der Waals surface area contributed by atoms with Crippen molar-refractivity contribution in [1.29, 1.82) is 0 Å². The Labute approximate surface area is 111 Å². The summed E-state index contributed by atoms with van der Waals surface area (Å²) in [6, 6.07) is 0. The molecule has 0 aromatic carbocycles. The molecule has 0 heterocycles. The lowest BCUT2D eigenvalue weighted by molar-refractivity contribution is -0.305. The van der Waals surface area contributed by atoms with Gasteiger partial charge in [0, 0.05) is 27.0 Å². The highest BCUT2D eigenvalue weighted by Crippen LogP contribution is 2.53. The predicted molar refractivity (Wildman–Crippen MR) is 78.7 cm³/mol. The molecule has 104 valence electrons. The highest BCUT2D eigenvalue weighted by atomic mass is 32.2. The number of carboxylic acid groups (broad SMARTS) is 1. The van der Waals surface area contributed by atoms with E-state index in [1.807, 2.05) is 6.26 Å². The summed E-state index contributed by atoms with van der Waals surface area (Å²) >= 11 is 1.51. The van der Waals surface area contributed by atoms with Crippen molar-refractivity contribution in [2.24, 2.45) is 0 Å². The van der Waals surface area contributed by atoms with E-state index in [-0.39, 0.29) is 6.42 Å². The van der Waals surface area contributed by atoms with Crippen LogP contribution < -0.4 is 5.11 Å². The van der Waals surface area contributed by atoms with Crippen molar-refractivity contribution in [2.75, 3.05) is 50.9 Å². The van der Waals surface area contributed by atoms with Crippen molar-refractivity contribution in [3.05, 3.63) is 0 Å². The number of ether oxygens (including phenoxy) is 1. The molecule has 0 bridgehead atoms. The standard InChI is InChI=1S/C8H20OP.C4H8O2S/c1-5-10(4,6-2)8-7-9-3;1-7-3-2-4(5)6/h5-8H2,1-4H3;2-3H2,1H3,(H,5,6)/q+1;/p-1. The van der Waals surface area contributed by atoms with Crippen LogP contribution in [0.5, 0.6) is 0 Å². The third-order valence-corrected chi connectivity index (χ3v) is 7.80. The van der Waals surface area contributed by atoms with E-state index in [9.17, 15) is 9.90 Å². The summed E-state index contributed by atoms with van der Waals surface area (Å²) in [5.41, 5.74) is 0. The summed E-state index contributed by atoms with van der Waals surface area (Å²) in [4.78, 5) is 9.63. The normalized spacial score (nSPS) is 10.6. The number of carbonyl (C=O) groups excluding carboxylic acids is 1. The molecule has 3 nitrogen and oxygen atoms in total. The summed E-state index contributed by atoms with van der Waals surface area (Å²) in [6.45, 7) is 7.98. The molecule has 0 N–H and O–H groups in total. The molecule has 0 aromatic heterocycles. The molecule has 0 atom stereocenters. The Morgan fingerprint density at radius 2 is 1.88 bits per heavy atom. The van der Waals surface area contributed by atoms with Crippen LogP contribution in [0.4, 0.5) is 0 Å². The molecule has 0 fully saturated rings. The molecule has 0 radical (unpaired) electrons. The molecule has 0 aliphatic heterocycles. The molecule has 0 amide bonds. The zero-order valence-corrected chi connectivity index (χ0v) is 13.5. The van der Waals surface area contributed by atoms with Gasteiger partial charge in [0.1, 0.15) is 0 Å². The average Bonchev–Trinajstić information content (AvgIpc) is 2.34.